The number of furan rings is 1. The molecule has 188 valence electrons. The van der Waals surface area contributed by atoms with Crippen molar-refractivity contribution in [1.29, 1.82) is 0 Å². The second-order valence-corrected chi connectivity index (χ2v) is 10.0. The number of benzene rings is 1. The van der Waals surface area contributed by atoms with E-state index in [9.17, 15) is 4.79 Å². The van der Waals surface area contributed by atoms with Gasteiger partial charge in [-0.15, -0.1) is 10.2 Å². The molecule has 0 saturated heterocycles. The summed E-state index contributed by atoms with van der Waals surface area (Å²) < 4.78 is 12.9. The Bertz CT molecular complexity index is 1130. The molecule has 8 nitrogen and oxygen atoms in total. The minimum absolute atomic E-state index is 0.245. The van der Waals surface area contributed by atoms with E-state index in [4.69, 9.17) is 9.15 Å². The van der Waals surface area contributed by atoms with Gasteiger partial charge in [0.2, 0.25) is 0 Å². The Labute approximate surface area is 207 Å². The van der Waals surface area contributed by atoms with E-state index < -0.39 is 0 Å². The van der Waals surface area contributed by atoms with Crippen LogP contribution in [0.15, 0.2) is 34.7 Å². The van der Waals surface area contributed by atoms with Gasteiger partial charge in [0.25, 0.3) is 5.91 Å². The van der Waals surface area contributed by atoms with Gasteiger partial charge >= 0.3 is 0 Å². The van der Waals surface area contributed by atoms with Crippen molar-refractivity contribution >= 4 is 5.91 Å². The maximum absolute atomic E-state index is 13.0. The number of hydrogen-bond donors (Lipinski definition) is 1. The summed E-state index contributed by atoms with van der Waals surface area (Å²) in [7, 11) is 1.60. The molecule has 0 radical (unpaired) electrons. The van der Waals surface area contributed by atoms with E-state index >= 15 is 0 Å². The number of nitrogens with zero attached hydrogens (tertiary/aromatic N) is 4. The molecule has 3 aromatic rings. The molecule has 1 aliphatic heterocycles. The molecule has 1 amide bonds. The van der Waals surface area contributed by atoms with Crippen LogP contribution in [-0.4, -0.2) is 45.8 Å². The van der Waals surface area contributed by atoms with Crippen LogP contribution in [0.4, 0.5) is 0 Å². The SMILES string of the molecule is COCc1ccc(C(=O)N[C@H](CC(C)C)c2nnc3n2CCN(Cc2cc(C)cc(C)c2)CC3)o1. The first kappa shape index (κ1) is 25.1. The van der Waals surface area contributed by atoms with Crippen LogP contribution in [0.5, 0.6) is 0 Å². The second kappa shape index (κ2) is 11.2. The zero-order valence-corrected chi connectivity index (χ0v) is 21.5. The summed E-state index contributed by atoms with van der Waals surface area (Å²) in [6.07, 6.45) is 1.60. The Morgan fingerprint density at radius 1 is 1.11 bits per heavy atom. The fraction of sp³-hybridized carbons (Fsp3) is 0.519. The zero-order chi connectivity index (χ0) is 24.9. The van der Waals surface area contributed by atoms with Crippen molar-refractivity contribution < 1.29 is 13.9 Å². The highest BCUT2D eigenvalue weighted by Gasteiger charge is 2.27. The summed E-state index contributed by atoms with van der Waals surface area (Å²) in [6.45, 7) is 12.5. The highest BCUT2D eigenvalue weighted by atomic mass is 16.5. The first-order valence-corrected chi connectivity index (χ1v) is 12.4. The van der Waals surface area contributed by atoms with Crippen LogP contribution in [0.1, 0.15) is 71.0 Å². The van der Waals surface area contributed by atoms with E-state index in [1.165, 1.54) is 16.7 Å². The molecule has 0 unspecified atom stereocenters. The molecule has 8 heteroatoms. The third kappa shape index (κ3) is 6.38. The summed E-state index contributed by atoms with van der Waals surface area (Å²) >= 11 is 0. The fourth-order valence-corrected chi connectivity index (χ4v) is 4.87. The van der Waals surface area contributed by atoms with Gasteiger partial charge < -0.3 is 19.0 Å². The largest absolute Gasteiger partial charge is 0.453 e. The third-order valence-corrected chi connectivity index (χ3v) is 6.33. The Morgan fingerprint density at radius 2 is 1.89 bits per heavy atom. The van der Waals surface area contributed by atoms with Crippen molar-refractivity contribution in [2.75, 3.05) is 20.2 Å². The van der Waals surface area contributed by atoms with E-state index in [-0.39, 0.29) is 17.7 Å². The lowest BCUT2D eigenvalue weighted by Crippen LogP contribution is -2.32. The van der Waals surface area contributed by atoms with Crippen LogP contribution in [0.2, 0.25) is 0 Å². The number of hydrogen-bond acceptors (Lipinski definition) is 6. The van der Waals surface area contributed by atoms with E-state index in [1.807, 2.05) is 0 Å². The average molecular weight is 480 g/mol. The molecule has 0 aliphatic carbocycles. The second-order valence-electron chi connectivity index (χ2n) is 10.0. The van der Waals surface area contributed by atoms with Gasteiger partial charge in [0.1, 0.15) is 18.2 Å². The van der Waals surface area contributed by atoms with Crippen molar-refractivity contribution in [2.24, 2.45) is 5.92 Å². The summed E-state index contributed by atoms with van der Waals surface area (Å²) in [6, 6.07) is 9.96. The topological polar surface area (TPSA) is 85.4 Å². The van der Waals surface area contributed by atoms with E-state index in [1.54, 1.807) is 19.2 Å². The Morgan fingerprint density at radius 3 is 2.60 bits per heavy atom. The highest BCUT2D eigenvalue weighted by molar-refractivity contribution is 5.91. The van der Waals surface area contributed by atoms with Crippen LogP contribution < -0.4 is 5.32 Å². The Kier molecular flexibility index (Phi) is 8.03. The van der Waals surface area contributed by atoms with Crippen molar-refractivity contribution in [3.8, 4) is 0 Å². The molecule has 0 fully saturated rings. The van der Waals surface area contributed by atoms with Crippen molar-refractivity contribution in [3.63, 3.8) is 0 Å². The number of carbonyl (C=O) groups is 1. The number of aromatic nitrogens is 3. The minimum Gasteiger partial charge on any atom is -0.453 e. The summed E-state index contributed by atoms with van der Waals surface area (Å²) in [5.41, 5.74) is 3.94. The van der Waals surface area contributed by atoms with Crippen LogP contribution in [0.3, 0.4) is 0 Å². The average Bonchev–Trinajstić information content (AvgIpc) is 3.37. The molecule has 1 atom stereocenters. The van der Waals surface area contributed by atoms with Crippen molar-refractivity contribution in [1.82, 2.24) is 25.0 Å². The first-order chi connectivity index (χ1) is 16.8. The normalized spacial score (nSPS) is 15.1. The predicted octanol–water partition coefficient (Wildman–Crippen LogP) is 4.21. The number of carbonyl (C=O) groups excluding carboxylic acids is 1. The van der Waals surface area contributed by atoms with Gasteiger partial charge in [-0.05, 0) is 43.9 Å². The molecule has 0 bridgehead atoms. The summed E-state index contributed by atoms with van der Waals surface area (Å²) in [5, 5.41) is 12.2. The lowest BCUT2D eigenvalue weighted by Gasteiger charge is -2.22. The van der Waals surface area contributed by atoms with Gasteiger partial charge in [0, 0.05) is 39.7 Å². The van der Waals surface area contributed by atoms with Gasteiger partial charge in [-0.2, -0.15) is 0 Å². The number of fused-ring (bicyclic) bond motifs is 1. The molecule has 3 heterocycles. The molecule has 1 aromatic carbocycles. The van der Waals surface area contributed by atoms with Gasteiger partial charge in [0.15, 0.2) is 11.6 Å². The van der Waals surface area contributed by atoms with Gasteiger partial charge in [-0.25, -0.2) is 0 Å². The molecular formula is C27H37N5O3. The molecule has 0 saturated carbocycles. The molecule has 1 aliphatic rings. The number of methoxy groups -OCH3 is 1. The molecule has 2 aromatic heterocycles. The van der Waals surface area contributed by atoms with Crippen molar-refractivity contribution in [3.05, 3.63) is 70.2 Å². The minimum atomic E-state index is -0.250. The molecule has 0 spiro atoms. The summed E-state index contributed by atoms with van der Waals surface area (Å²) in [4.78, 5) is 15.5. The van der Waals surface area contributed by atoms with Gasteiger partial charge in [-0.1, -0.05) is 43.2 Å². The number of nitrogens with one attached hydrogen (secondary N) is 1. The van der Waals surface area contributed by atoms with Crippen LogP contribution in [-0.2, 0) is 30.9 Å². The van der Waals surface area contributed by atoms with Crippen LogP contribution >= 0.6 is 0 Å². The van der Waals surface area contributed by atoms with Gasteiger partial charge in [0.05, 0.1) is 6.04 Å². The maximum atomic E-state index is 13.0. The third-order valence-electron chi connectivity index (χ3n) is 6.33. The van der Waals surface area contributed by atoms with Gasteiger partial charge in [-0.3, -0.25) is 9.69 Å². The number of rotatable bonds is 9. The Hall–Kier alpha value is -2.97. The molecule has 4 rings (SSSR count). The quantitative estimate of drug-likeness (QED) is 0.495. The van der Waals surface area contributed by atoms with Crippen LogP contribution in [0, 0.1) is 19.8 Å². The summed E-state index contributed by atoms with van der Waals surface area (Å²) in [5.74, 6) is 2.82. The van der Waals surface area contributed by atoms with E-state index in [2.05, 4.69) is 70.9 Å². The predicted molar refractivity (Wildman–Crippen MR) is 134 cm³/mol. The number of aryl methyl sites for hydroxylation is 2. The zero-order valence-electron chi connectivity index (χ0n) is 21.5. The number of amides is 1. The maximum Gasteiger partial charge on any atom is 0.287 e. The Balaban J connectivity index is 1.48. The molecule has 35 heavy (non-hydrogen) atoms. The molecular weight excluding hydrogens is 442 g/mol. The van der Waals surface area contributed by atoms with Crippen molar-refractivity contribution in [2.45, 2.75) is 66.3 Å². The standard InChI is InChI=1S/C27H37N5O3/c1-18(2)12-23(28-27(33)24-7-6-22(35-24)17-34-5)26-30-29-25-8-9-31(10-11-32(25)26)16-21-14-19(3)13-20(4)15-21/h6-7,13-15,18,23H,8-12,16-17H2,1-5H3,(H,28,33)/t23-/m1/s1. The first-order valence-electron chi connectivity index (χ1n) is 12.4. The number of ether oxygens (including phenoxy) is 1. The van der Waals surface area contributed by atoms with E-state index in [0.29, 0.717) is 18.3 Å². The monoisotopic (exact) mass is 479 g/mol. The smallest absolute Gasteiger partial charge is 0.287 e. The molecule has 1 N–H and O–H groups in total. The fourth-order valence-electron chi connectivity index (χ4n) is 4.87. The van der Waals surface area contributed by atoms with E-state index in [0.717, 1.165) is 50.7 Å². The lowest BCUT2D eigenvalue weighted by molar-refractivity contribution is 0.0892. The van der Waals surface area contributed by atoms with Crippen LogP contribution in [0.25, 0.3) is 0 Å². The lowest BCUT2D eigenvalue weighted by atomic mass is 10.0. The highest BCUT2D eigenvalue weighted by Crippen LogP contribution is 2.24.